The zero-order valence-corrected chi connectivity index (χ0v) is 12.1. The van der Waals surface area contributed by atoms with E-state index in [1.54, 1.807) is 24.3 Å². The molecular formula is C17H18N2O3. The number of nitrogens with two attached hydrogens (primary N) is 1. The standard InChI is InChI=1S/C17H18N2O3/c18-16(20)12-22-15-9-7-14(8-10-15)19-17(21)11-6-13-4-2-1-3-5-13/h1-5,7-10H,6,11-12H2,(H2,18,20)(H,19,21). The van der Waals surface area contributed by atoms with E-state index in [-0.39, 0.29) is 12.5 Å². The molecule has 2 rings (SSSR count). The van der Waals surface area contributed by atoms with Crippen LogP contribution in [0.1, 0.15) is 12.0 Å². The summed E-state index contributed by atoms with van der Waals surface area (Å²) in [6, 6.07) is 16.6. The maximum Gasteiger partial charge on any atom is 0.255 e. The van der Waals surface area contributed by atoms with Crippen LogP contribution in [0.4, 0.5) is 5.69 Å². The first-order valence-electron chi connectivity index (χ1n) is 6.98. The monoisotopic (exact) mass is 298 g/mol. The van der Waals surface area contributed by atoms with Gasteiger partial charge in [0.1, 0.15) is 5.75 Å². The van der Waals surface area contributed by atoms with E-state index in [9.17, 15) is 9.59 Å². The summed E-state index contributed by atoms with van der Waals surface area (Å²) < 4.78 is 5.15. The van der Waals surface area contributed by atoms with Gasteiger partial charge in [-0.05, 0) is 36.2 Å². The summed E-state index contributed by atoms with van der Waals surface area (Å²) in [5.74, 6) is -0.0472. The zero-order chi connectivity index (χ0) is 15.8. The molecule has 0 heterocycles. The molecule has 0 aromatic heterocycles. The SMILES string of the molecule is NC(=O)COc1ccc(NC(=O)CCc2ccccc2)cc1. The molecule has 5 nitrogen and oxygen atoms in total. The molecular weight excluding hydrogens is 280 g/mol. The fraction of sp³-hybridized carbons (Fsp3) is 0.176. The van der Waals surface area contributed by atoms with E-state index in [4.69, 9.17) is 10.5 Å². The van der Waals surface area contributed by atoms with Crippen LogP contribution >= 0.6 is 0 Å². The smallest absolute Gasteiger partial charge is 0.255 e. The Hall–Kier alpha value is -2.82. The van der Waals surface area contributed by atoms with E-state index in [2.05, 4.69) is 5.32 Å². The minimum absolute atomic E-state index is 0.0466. The van der Waals surface area contributed by atoms with Gasteiger partial charge in [0.2, 0.25) is 5.91 Å². The van der Waals surface area contributed by atoms with Crippen LogP contribution < -0.4 is 15.8 Å². The van der Waals surface area contributed by atoms with Crippen molar-refractivity contribution in [2.45, 2.75) is 12.8 Å². The second kappa shape index (κ2) is 7.83. The number of aryl methyl sites for hydroxylation is 1. The van der Waals surface area contributed by atoms with Crippen molar-refractivity contribution in [2.24, 2.45) is 5.73 Å². The van der Waals surface area contributed by atoms with Gasteiger partial charge in [0.15, 0.2) is 6.61 Å². The largest absolute Gasteiger partial charge is 0.484 e. The first-order valence-corrected chi connectivity index (χ1v) is 6.98. The molecule has 0 saturated carbocycles. The van der Waals surface area contributed by atoms with Crippen molar-refractivity contribution < 1.29 is 14.3 Å². The maximum absolute atomic E-state index is 11.9. The van der Waals surface area contributed by atoms with Gasteiger partial charge < -0.3 is 15.8 Å². The predicted octanol–water partition coefficient (Wildman–Crippen LogP) is 2.12. The number of carbonyl (C=O) groups is 2. The molecule has 2 aromatic rings. The molecule has 22 heavy (non-hydrogen) atoms. The van der Waals surface area contributed by atoms with Crippen molar-refractivity contribution in [3.63, 3.8) is 0 Å². The highest BCUT2D eigenvalue weighted by Gasteiger charge is 2.04. The topological polar surface area (TPSA) is 81.4 Å². The quantitative estimate of drug-likeness (QED) is 0.821. The highest BCUT2D eigenvalue weighted by molar-refractivity contribution is 5.90. The molecule has 0 radical (unpaired) electrons. The zero-order valence-electron chi connectivity index (χ0n) is 12.1. The number of primary amides is 1. The Morgan fingerprint density at radius 3 is 2.32 bits per heavy atom. The normalized spacial score (nSPS) is 10.0. The Kier molecular flexibility index (Phi) is 5.54. The minimum atomic E-state index is -0.529. The lowest BCUT2D eigenvalue weighted by Gasteiger charge is -2.07. The van der Waals surface area contributed by atoms with Crippen molar-refractivity contribution in [1.82, 2.24) is 0 Å². The predicted molar refractivity (Wildman–Crippen MR) is 84.5 cm³/mol. The molecule has 5 heteroatoms. The molecule has 0 aliphatic rings. The average Bonchev–Trinajstić information content (AvgIpc) is 2.53. The summed E-state index contributed by atoms with van der Waals surface area (Å²) in [7, 11) is 0. The van der Waals surface area contributed by atoms with Crippen LogP contribution in [0.5, 0.6) is 5.75 Å². The van der Waals surface area contributed by atoms with Gasteiger partial charge in [-0.1, -0.05) is 30.3 Å². The molecule has 0 aliphatic carbocycles. The Morgan fingerprint density at radius 2 is 1.68 bits per heavy atom. The van der Waals surface area contributed by atoms with Gasteiger partial charge in [-0.3, -0.25) is 9.59 Å². The third-order valence-electron chi connectivity index (χ3n) is 3.00. The second-order valence-electron chi connectivity index (χ2n) is 4.81. The third-order valence-corrected chi connectivity index (χ3v) is 3.00. The lowest BCUT2D eigenvalue weighted by molar-refractivity contribution is -0.120. The number of ether oxygens (including phenoxy) is 1. The Morgan fingerprint density at radius 1 is 1.00 bits per heavy atom. The van der Waals surface area contributed by atoms with Gasteiger partial charge in [0.05, 0.1) is 0 Å². The maximum atomic E-state index is 11.9. The first kappa shape index (κ1) is 15.6. The van der Waals surface area contributed by atoms with Crippen molar-refractivity contribution in [1.29, 1.82) is 0 Å². The number of hydrogen-bond donors (Lipinski definition) is 2. The van der Waals surface area contributed by atoms with Crippen molar-refractivity contribution in [3.05, 3.63) is 60.2 Å². The molecule has 0 aliphatic heterocycles. The highest BCUT2D eigenvalue weighted by Crippen LogP contribution is 2.16. The molecule has 2 amide bonds. The molecule has 0 saturated heterocycles. The first-order chi connectivity index (χ1) is 10.6. The van der Waals surface area contributed by atoms with Crippen LogP contribution in [0.3, 0.4) is 0 Å². The van der Waals surface area contributed by atoms with Gasteiger partial charge in [-0.15, -0.1) is 0 Å². The lowest BCUT2D eigenvalue weighted by atomic mass is 10.1. The molecule has 0 spiro atoms. The van der Waals surface area contributed by atoms with Gasteiger partial charge in [0, 0.05) is 12.1 Å². The lowest BCUT2D eigenvalue weighted by Crippen LogP contribution is -2.20. The molecule has 0 unspecified atom stereocenters. The van der Waals surface area contributed by atoms with E-state index in [0.29, 0.717) is 24.3 Å². The molecule has 2 aromatic carbocycles. The van der Waals surface area contributed by atoms with Crippen LogP contribution in [-0.4, -0.2) is 18.4 Å². The summed E-state index contributed by atoms with van der Waals surface area (Å²) >= 11 is 0. The Bertz CT molecular complexity index is 624. The van der Waals surface area contributed by atoms with Gasteiger partial charge in [0.25, 0.3) is 5.91 Å². The number of carbonyl (C=O) groups excluding carboxylic acids is 2. The summed E-state index contributed by atoms with van der Waals surface area (Å²) in [6.45, 7) is -0.164. The van der Waals surface area contributed by atoms with E-state index in [0.717, 1.165) is 5.56 Å². The van der Waals surface area contributed by atoms with E-state index in [1.807, 2.05) is 30.3 Å². The summed E-state index contributed by atoms with van der Waals surface area (Å²) in [6.07, 6.45) is 1.12. The molecule has 0 bridgehead atoms. The molecule has 0 fully saturated rings. The number of nitrogens with one attached hydrogen (secondary N) is 1. The van der Waals surface area contributed by atoms with E-state index in [1.165, 1.54) is 0 Å². The highest BCUT2D eigenvalue weighted by atomic mass is 16.5. The number of amides is 2. The molecule has 0 atom stereocenters. The van der Waals surface area contributed by atoms with E-state index >= 15 is 0 Å². The van der Waals surface area contributed by atoms with Crippen LogP contribution in [0.15, 0.2) is 54.6 Å². The second-order valence-corrected chi connectivity index (χ2v) is 4.81. The van der Waals surface area contributed by atoms with Crippen LogP contribution in [0.25, 0.3) is 0 Å². The average molecular weight is 298 g/mol. The Balaban J connectivity index is 1.80. The summed E-state index contributed by atoms with van der Waals surface area (Å²) in [5, 5.41) is 2.82. The van der Waals surface area contributed by atoms with Crippen LogP contribution in [0, 0.1) is 0 Å². The van der Waals surface area contributed by atoms with Gasteiger partial charge in [-0.25, -0.2) is 0 Å². The van der Waals surface area contributed by atoms with Crippen LogP contribution in [0.2, 0.25) is 0 Å². The molecule has 3 N–H and O–H groups in total. The fourth-order valence-electron chi connectivity index (χ4n) is 1.91. The summed E-state index contributed by atoms with van der Waals surface area (Å²) in [5.41, 5.74) is 6.81. The minimum Gasteiger partial charge on any atom is -0.484 e. The van der Waals surface area contributed by atoms with Crippen molar-refractivity contribution in [2.75, 3.05) is 11.9 Å². The van der Waals surface area contributed by atoms with E-state index < -0.39 is 5.91 Å². The number of hydrogen-bond acceptors (Lipinski definition) is 3. The van der Waals surface area contributed by atoms with Gasteiger partial charge in [-0.2, -0.15) is 0 Å². The fourth-order valence-corrected chi connectivity index (χ4v) is 1.91. The Labute approximate surface area is 129 Å². The number of anilines is 1. The van der Waals surface area contributed by atoms with Gasteiger partial charge >= 0.3 is 0 Å². The van der Waals surface area contributed by atoms with Crippen molar-refractivity contribution in [3.8, 4) is 5.75 Å². The molecule has 114 valence electrons. The third kappa shape index (κ3) is 5.28. The number of rotatable bonds is 7. The summed E-state index contributed by atoms with van der Waals surface area (Å²) in [4.78, 5) is 22.5. The van der Waals surface area contributed by atoms with Crippen molar-refractivity contribution >= 4 is 17.5 Å². The number of benzene rings is 2. The van der Waals surface area contributed by atoms with Crippen LogP contribution in [-0.2, 0) is 16.0 Å².